The summed E-state index contributed by atoms with van der Waals surface area (Å²) in [5.41, 5.74) is 0.540. The van der Waals surface area contributed by atoms with Gasteiger partial charge in [-0.1, -0.05) is 24.8 Å². The SMILES string of the molecule is CCSc1cccc(C#CCCNC(=O)OC(C)(C)C)c1. The smallest absolute Gasteiger partial charge is 0.407 e. The summed E-state index contributed by atoms with van der Waals surface area (Å²) in [6.07, 6.45) is 0.204. The van der Waals surface area contributed by atoms with Gasteiger partial charge >= 0.3 is 6.09 Å². The van der Waals surface area contributed by atoms with E-state index in [2.05, 4.69) is 36.2 Å². The minimum Gasteiger partial charge on any atom is -0.444 e. The Morgan fingerprint density at radius 2 is 2.14 bits per heavy atom. The zero-order chi connectivity index (χ0) is 15.7. The molecule has 0 saturated heterocycles. The van der Waals surface area contributed by atoms with E-state index < -0.39 is 11.7 Å². The molecule has 0 aliphatic carbocycles. The summed E-state index contributed by atoms with van der Waals surface area (Å²) in [4.78, 5) is 12.7. The lowest BCUT2D eigenvalue weighted by Gasteiger charge is -2.19. The molecule has 1 N–H and O–H groups in total. The Balaban J connectivity index is 2.36. The van der Waals surface area contributed by atoms with E-state index in [1.54, 1.807) is 11.8 Å². The van der Waals surface area contributed by atoms with Crippen molar-refractivity contribution in [1.29, 1.82) is 0 Å². The fourth-order valence-corrected chi connectivity index (χ4v) is 2.25. The number of amides is 1. The van der Waals surface area contributed by atoms with E-state index in [1.807, 2.05) is 32.9 Å². The normalized spacial score (nSPS) is 10.5. The number of thioether (sulfide) groups is 1. The van der Waals surface area contributed by atoms with E-state index in [0.29, 0.717) is 13.0 Å². The van der Waals surface area contributed by atoms with Crippen LogP contribution < -0.4 is 5.32 Å². The molecule has 1 rings (SSSR count). The van der Waals surface area contributed by atoms with Gasteiger partial charge in [-0.05, 0) is 44.7 Å². The molecule has 3 nitrogen and oxygen atoms in total. The third kappa shape index (κ3) is 8.31. The highest BCUT2D eigenvalue weighted by Crippen LogP contribution is 2.17. The van der Waals surface area contributed by atoms with Crippen molar-refractivity contribution >= 4 is 17.9 Å². The van der Waals surface area contributed by atoms with Gasteiger partial charge in [0.2, 0.25) is 0 Å². The molecule has 0 bridgehead atoms. The summed E-state index contributed by atoms with van der Waals surface area (Å²) < 4.78 is 5.14. The van der Waals surface area contributed by atoms with Gasteiger partial charge in [0, 0.05) is 23.4 Å². The van der Waals surface area contributed by atoms with Crippen molar-refractivity contribution in [2.75, 3.05) is 12.3 Å². The van der Waals surface area contributed by atoms with Crippen LogP contribution in [0.25, 0.3) is 0 Å². The maximum atomic E-state index is 11.4. The standard InChI is InChI=1S/C17H23NO2S/c1-5-21-15-11-8-10-14(13-15)9-6-7-12-18-16(19)20-17(2,3)4/h8,10-11,13H,5,7,12H2,1-4H3,(H,18,19). The Morgan fingerprint density at radius 1 is 1.38 bits per heavy atom. The first-order valence-electron chi connectivity index (χ1n) is 7.09. The van der Waals surface area contributed by atoms with Gasteiger partial charge in [0.25, 0.3) is 0 Å². The molecule has 0 spiro atoms. The van der Waals surface area contributed by atoms with Gasteiger partial charge in [-0.25, -0.2) is 4.79 Å². The van der Waals surface area contributed by atoms with Crippen LogP contribution >= 0.6 is 11.8 Å². The molecule has 4 heteroatoms. The predicted molar refractivity (Wildman–Crippen MR) is 88.6 cm³/mol. The monoisotopic (exact) mass is 305 g/mol. The number of hydrogen-bond donors (Lipinski definition) is 1. The number of nitrogens with one attached hydrogen (secondary N) is 1. The topological polar surface area (TPSA) is 38.3 Å². The number of hydrogen-bond acceptors (Lipinski definition) is 3. The molecule has 0 unspecified atom stereocenters. The maximum Gasteiger partial charge on any atom is 0.407 e. The zero-order valence-electron chi connectivity index (χ0n) is 13.2. The van der Waals surface area contributed by atoms with Gasteiger partial charge in [0.05, 0.1) is 0 Å². The van der Waals surface area contributed by atoms with Crippen molar-refractivity contribution in [3.63, 3.8) is 0 Å². The van der Waals surface area contributed by atoms with Gasteiger partial charge in [-0.3, -0.25) is 0 Å². The quantitative estimate of drug-likeness (QED) is 0.518. The van der Waals surface area contributed by atoms with Gasteiger partial charge in [-0.2, -0.15) is 0 Å². The summed E-state index contributed by atoms with van der Waals surface area (Å²) in [6.45, 7) is 8.14. The van der Waals surface area contributed by atoms with Crippen molar-refractivity contribution in [3.8, 4) is 11.8 Å². The van der Waals surface area contributed by atoms with Crippen LogP contribution in [0.15, 0.2) is 29.2 Å². The number of ether oxygens (including phenoxy) is 1. The molecule has 0 heterocycles. The Morgan fingerprint density at radius 3 is 2.81 bits per heavy atom. The van der Waals surface area contributed by atoms with E-state index in [-0.39, 0.29) is 0 Å². The molecule has 0 aliphatic heterocycles. The maximum absolute atomic E-state index is 11.4. The fraction of sp³-hybridized carbons (Fsp3) is 0.471. The molecule has 0 aromatic heterocycles. The second kappa shape index (κ2) is 8.63. The number of carbonyl (C=O) groups is 1. The van der Waals surface area contributed by atoms with E-state index in [9.17, 15) is 4.79 Å². The Kier molecular flexibility index (Phi) is 7.18. The van der Waals surface area contributed by atoms with Crippen molar-refractivity contribution in [2.24, 2.45) is 0 Å². The molecular weight excluding hydrogens is 282 g/mol. The van der Waals surface area contributed by atoms with Crippen LogP contribution in [0.5, 0.6) is 0 Å². The minimum atomic E-state index is -0.465. The summed E-state index contributed by atoms with van der Waals surface area (Å²) >= 11 is 1.80. The molecule has 21 heavy (non-hydrogen) atoms. The van der Waals surface area contributed by atoms with Gasteiger partial charge in [-0.15, -0.1) is 11.8 Å². The summed E-state index contributed by atoms with van der Waals surface area (Å²) in [6, 6.07) is 8.18. The first kappa shape index (κ1) is 17.5. The van der Waals surface area contributed by atoms with Crippen LogP contribution in [0.1, 0.15) is 39.7 Å². The zero-order valence-corrected chi connectivity index (χ0v) is 14.0. The van der Waals surface area contributed by atoms with Gasteiger partial charge in [0.1, 0.15) is 5.60 Å². The Bertz CT molecular complexity index is 524. The average Bonchev–Trinajstić information content (AvgIpc) is 2.37. The second-order valence-corrected chi connectivity index (χ2v) is 6.78. The molecule has 0 radical (unpaired) electrons. The van der Waals surface area contributed by atoms with E-state index in [1.165, 1.54) is 4.90 Å². The highest BCUT2D eigenvalue weighted by atomic mass is 32.2. The van der Waals surface area contributed by atoms with Crippen LogP contribution in [0.4, 0.5) is 4.79 Å². The van der Waals surface area contributed by atoms with Crippen molar-refractivity contribution in [1.82, 2.24) is 5.32 Å². The fourth-order valence-electron chi connectivity index (χ4n) is 1.54. The molecule has 0 aliphatic rings. The molecule has 1 aromatic carbocycles. The van der Waals surface area contributed by atoms with E-state index in [4.69, 9.17) is 4.74 Å². The molecule has 0 saturated carbocycles. The molecule has 114 valence electrons. The lowest BCUT2D eigenvalue weighted by atomic mass is 10.2. The Labute approximate surface area is 131 Å². The van der Waals surface area contributed by atoms with Crippen LogP contribution in [0.2, 0.25) is 0 Å². The number of carbonyl (C=O) groups excluding carboxylic acids is 1. The van der Waals surface area contributed by atoms with E-state index in [0.717, 1.165) is 11.3 Å². The summed E-state index contributed by atoms with van der Waals surface area (Å²) in [7, 11) is 0. The van der Waals surface area contributed by atoms with Gasteiger partial charge < -0.3 is 10.1 Å². The number of rotatable bonds is 4. The lowest BCUT2D eigenvalue weighted by Crippen LogP contribution is -2.32. The second-order valence-electron chi connectivity index (χ2n) is 5.44. The third-order valence-electron chi connectivity index (χ3n) is 2.30. The van der Waals surface area contributed by atoms with Crippen LogP contribution in [0, 0.1) is 11.8 Å². The van der Waals surface area contributed by atoms with Crippen LogP contribution in [0.3, 0.4) is 0 Å². The van der Waals surface area contributed by atoms with Crippen LogP contribution in [-0.2, 0) is 4.74 Å². The molecule has 1 aromatic rings. The van der Waals surface area contributed by atoms with Crippen molar-refractivity contribution < 1.29 is 9.53 Å². The Hall–Kier alpha value is -1.60. The molecule has 0 fully saturated rings. The highest BCUT2D eigenvalue weighted by Gasteiger charge is 2.15. The number of benzene rings is 1. The van der Waals surface area contributed by atoms with E-state index >= 15 is 0 Å². The molecular formula is C17H23NO2S. The first-order chi connectivity index (χ1) is 9.90. The largest absolute Gasteiger partial charge is 0.444 e. The predicted octanol–water partition coefficient (Wildman–Crippen LogP) is 4.06. The average molecular weight is 305 g/mol. The highest BCUT2D eigenvalue weighted by molar-refractivity contribution is 7.99. The minimum absolute atomic E-state index is 0.398. The van der Waals surface area contributed by atoms with Crippen molar-refractivity contribution in [3.05, 3.63) is 29.8 Å². The molecule has 0 atom stereocenters. The van der Waals surface area contributed by atoms with Crippen molar-refractivity contribution in [2.45, 2.75) is 44.6 Å². The summed E-state index contributed by atoms with van der Waals surface area (Å²) in [5, 5.41) is 2.69. The first-order valence-corrected chi connectivity index (χ1v) is 8.08. The third-order valence-corrected chi connectivity index (χ3v) is 3.17. The van der Waals surface area contributed by atoms with Crippen LogP contribution in [-0.4, -0.2) is 24.0 Å². The summed E-state index contributed by atoms with van der Waals surface area (Å²) in [5.74, 6) is 7.22. The lowest BCUT2D eigenvalue weighted by molar-refractivity contribution is 0.0529. The van der Waals surface area contributed by atoms with Gasteiger partial charge in [0.15, 0.2) is 0 Å². The number of alkyl carbamates (subject to hydrolysis) is 1. The molecule has 1 amide bonds.